The van der Waals surface area contributed by atoms with E-state index in [0.29, 0.717) is 0 Å². The summed E-state index contributed by atoms with van der Waals surface area (Å²) in [5.74, 6) is 0.000697. The van der Waals surface area contributed by atoms with Crippen LogP contribution >= 0.6 is 15.9 Å². The summed E-state index contributed by atoms with van der Waals surface area (Å²) >= 11 is 3.38. The van der Waals surface area contributed by atoms with Crippen LogP contribution in [0.1, 0.15) is 5.56 Å². The number of aromatic nitrogens is 1. The Morgan fingerprint density at radius 1 is 1.21 bits per heavy atom. The van der Waals surface area contributed by atoms with E-state index in [1.165, 1.54) is 18.3 Å². The predicted molar refractivity (Wildman–Crippen MR) is 74.1 cm³/mol. The quantitative estimate of drug-likeness (QED) is 0.921. The number of sulfonamides is 1. The molecule has 0 unspecified atom stereocenters. The molecule has 0 amide bonds. The highest BCUT2D eigenvalue weighted by Crippen LogP contribution is 2.22. The molecular formula is C12H11BrN2O3S. The Balaban J connectivity index is 2.24. The first-order chi connectivity index (χ1) is 8.98. The van der Waals surface area contributed by atoms with E-state index >= 15 is 0 Å². The number of hydrogen-bond acceptors (Lipinski definition) is 4. The Bertz CT molecular complexity index is 689. The molecule has 19 heavy (non-hydrogen) atoms. The standard InChI is InChI=1S/C12H11BrN2O3S/c13-10-5-2-1-4-9(10)8-18-12-11(19(14,16)17)6-3-7-15-12/h1-7H,8H2,(H2,14,16,17). The molecule has 0 atom stereocenters. The number of nitrogens with two attached hydrogens (primary N) is 1. The fourth-order valence-electron chi connectivity index (χ4n) is 1.46. The lowest BCUT2D eigenvalue weighted by molar-refractivity contribution is 0.284. The highest BCUT2D eigenvalue weighted by molar-refractivity contribution is 9.10. The van der Waals surface area contributed by atoms with Crippen LogP contribution in [-0.4, -0.2) is 13.4 Å². The van der Waals surface area contributed by atoms with Gasteiger partial charge in [0.05, 0.1) is 0 Å². The van der Waals surface area contributed by atoms with Crippen molar-refractivity contribution < 1.29 is 13.2 Å². The van der Waals surface area contributed by atoms with Gasteiger partial charge in [-0.15, -0.1) is 0 Å². The number of halogens is 1. The van der Waals surface area contributed by atoms with Crippen LogP contribution in [0.4, 0.5) is 0 Å². The lowest BCUT2D eigenvalue weighted by Crippen LogP contribution is -2.14. The van der Waals surface area contributed by atoms with E-state index in [1.54, 1.807) is 0 Å². The summed E-state index contributed by atoms with van der Waals surface area (Å²) in [4.78, 5) is 3.77. The zero-order valence-electron chi connectivity index (χ0n) is 9.78. The third kappa shape index (κ3) is 3.52. The van der Waals surface area contributed by atoms with Gasteiger partial charge in [0.15, 0.2) is 0 Å². The van der Waals surface area contributed by atoms with Gasteiger partial charge >= 0.3 is 0 Å². The van der Waals surface area contributed by atoms with Crippen LogP contribution in [0.15, 0.2) is 52.0 Å². The third-order valence-corrected chi connectivity index (χ3v) is 4.06. The molecule has 0 fully saturated rings. The first-order valence-corrected chi connectivity index (χ1v) is 7.66. The number of benzene rings is 1. The van der Waals surface area contributed by atoms with Gasteiger partial charge < -0.3 is 4.74 Å². The summed E-state index contributed by atoms with van der Waals surface area (Å²) < 4.78 is 29.1. The maximum absolute atomic E-state index is 11.4. The van der Waals surface area contributed by atoms with Gasteiger partial charge in [0.25, 0.3) is 0 Å². The molecule has 2 aromatic rings. The van der Waals surface area contributed by atoms with Crippen molar-refractivity contribution in [3.8, 4) is 5.88 Å². The molecule has 0 spiro atoms. The van der Waals surface area contributed by atoms with Crippen LogP contribution in [0.25, 0.3) is 0 Å². The second-order valence-electron chi connectivity index (χ2n) is 3.73. The molecule has 1 aromatic heterocycles. The average Bonchev–Trinajstić information content (AvgIpc) is 2.37. The Morgan fingerprint density at radius 2 is 1.95 bits per heavy atom. The molecule has 0 bridgehead atoms. The molecule has 0 aliphatic carbocycles. The SMILES string of the molecule is NS(=O)(=O)c1cccnc1OCc1ccccc1Br. The topological polar surface area (TPSA) is 82.3 Å². The van der Waals surface area contributed by atoms with Gasteiger partial charge in [-0.1, -0.05) is 34.1 Å². The third-order valence-electron chi connectivity index (χ3n) is 2.36. The summed E-state index contributed by atoms with van der Waals surface area (Å²) in [6, 6.07) is 10.3. The molecule has 0 aliphatic heterocycles. The van der Waals surface area contributed by atoms with Crippen molar-refractivity contribution in [1.82, 2.24) is 4.98 Å². The largest absolute Gasteiger partial charge is 0.472 e. The Labute approximate surface area is 119 Å². The predicted octanol–water partition coefficient (Wildman–Crippen LogP) is 2.07. The lowest BCUT2D eigenvalue weighted by atomic mass is 10.2. The molecule has 0 saturated heterocycles. The van der Waals surface area contributed by atoms with Gasteiger partial charge in [-0.05, 0) is 18.2 Å². The molecule has 2 N–H and O–H groups in total. The minimum atomic E-state index is -3.85. The monoisotopic (exact) mass is 342 g/mol. The van der Waals surface area contributed by atoms with Crippen LogP contribution in [0.5, 0.6) is 5.88 Å². The van der Waals surface area contributed by atoms with E-state index in [1.807, 2.05) is 24.3 Å². The second-order valence-corrected chi connectivity index (χ2v) is 6.12. The normalized spacial score (nSPS) is 11.3. The van der Waals surface area contributed by atoms with Crippen molar-refractivity contribution in [2.75, 3.05) is 0 Å². The van der Waals surface area contributed by atoms with Crippen LogP contribution in [0.3, 0.4) is 0 Å². The molecule has 0 radical (unpaired) electrons. The van der Waals surface area contributed by atoms with E-state index in [9.17, 15) is 8.42 Å². The van der Waals surface area contributed by atoms with Crippen LogP contribution in [0.2, 0.25) is 0 Å². The molecule has 0 saturated carbocycles. The van der Waals surface area contributed by atoms with E-state index in [4.69, 9.17) is 9.88 Å². The Kier molecular flexibility index (Phi) is 4.18. The number of ether oxygens (including phenoxy) is 1. The minimum absolute atomic E-state index is 0.000697. The Morgan fingerprint density at radius 3 is 2.63 bits per heavy atom. The maximum atomic E-state index is 11.4. The fraction of sp³-hybridized carbons (Fsp3) is 0.0833. The van der Waals surface area contributed by atoms with Crippen molar-refractivity contribution in [2.24, 2.45) is 5.14 Å². The zero-order chi connectivity index (χ0) is 13.9. The molecule has 1 aromatic carbocycles. The number of nitrogens with zero attached hydrogens (tertiary/aromatic N) is 1. The number of pyridine rings is 1. The molecule has 7 heteroatoms. The number of primary sulfonamides is 1. The van der Waals surface area contributed by atoms with Gasteiger partial charge in [0, 0.05) is 16.2 Å². The number of hydrogen-bond donors (Lipinski definition) is 1. The first-order valence-electron chi connectivity index (χ1n) is 5.32. The van der Waals surface area contributed by atoms with Gasteiger partial charge in [-0.25, -0.2) is 18.5 Å². The summed E-state index contributed by atoms with van der Waals surface area (Å²) in [5, 5.41) is 5.10. The van der Waals surface area contributed by atoms with E-state index < -0.39 is 10.0 Å². The van der Waals surface area contributed by atoms with Crippen LogP contribution in [0, 0.1) is 0 Å². The van der Waals surface area contributed by atoms with Gasteiger partial charge in [-0.2, -0.15) is 0 Å². The van der Waals surface area contributed by atoms with Gasteiger partial charge in [0.2, 0.25) is 15.9 Å². The van der Waals surface area contributed by atoms with Gasteiger partial charge in [-0.3, -0.25) is 0 Å². The van der Waals surface area contributed by atoms with E-state index in [0.717, 1.165) is 10.0 Å². The van der Waals surface area contributed by atoms with Crippen LogP contribution < -0.4 is 9.88 Å². The van der Waals surface area contributed by atoms with Crippen molar-refractivity contribution in [1.29, 1.82) is 0 Å². The molecule has 2 rings (SSSR count). The first kappa shape index (κ1) is 14.0. The van der Waals surface area contributed by atoms with Crippen LogP contribution in [-0.2, 0) is 16.6 Å². The average molecular weight is 343 g/mol. The highest BCUT2D eigenvalue weighted by Gasteiger charge is 2.16. The summed E-state index contributed by atoms with van der Waals surface area (Å²) in [7, 11) is -3.85. The van der Waals surface area contributed by atoms with Crippen molar-refractivity contribution in [3.63, 3.8) is 0 Å². The summed E-state index contributed by atoms with van der Waals surface area (Å²) in [6.45, 7) is 0.195. The fourth-order valence-corrected chi connectivity index (χ4v) is 2.49. The highest BCUT2D eigenvalue weighted by atomic mass is 79.9. The van der Waals surface area contributed by atoms with E-state index in [-0.39, 0.29) is 17.4 Å². The Hall–Kier alpha value is -1.44. The second kappa shape index (κ2) is 5.68. The molecule has 5 nitrogen and oxygen atoms in total. The van der Waals surface area contributed by atoms with Gasteiger partial charge in [0.1, 0.15) is 11.5 Å². The maximum Gasteiger partial charge on any atom is 0.243 e. The molecule has 1 heterocycles. The molecule has 100 valence electrons. The minimum Gasteiger partial charge on any atom is -0.472 e. The smallest absolute Gasteiger partial charge is 0.243 e. The lowest BCUT2D eigenvalue weighted by Gasteiger charge is -2.09. The number of rotatable bonds is 4. The summed E-state index contributed by atoms with van der Waals surface area (Å²) in [5.41, 5.74) is 0.883. The molecular weight excluding hydrogens is 332 g/mol. The van der Waals surface area contributed by atoms with Crippen molar-refractivity contribution in [3.05, 3.63) is 52.6 Å². The zero-order valence-corrected chi connectivity index (χ0v) is 12.2. The molecule has 0 aliphatic rings. The van der Waals surface area contributed by atoms with Crippen molar-refractivity contribution in [2.45, 2.75) is 11.5 Å². The van der Waals surface area contributed by atoms with E-state index in [2.05, 4.69) is 20.9 Å². The summed E-state index contributed by atoms with van der Waals surface area (Å²) in [6.07, 6.45) is 1.45. The van der Waals surface area contributed by atoms with Crippen molar-refractivity contribution >= 4 is 26.0 Å².